The van der Waals surface area contributed by atoms with E-state index in [1.807, 2.05) is 31.2 Å². The van der Waals surface area contributed by atoms with Crippen molar-refractivity contribution in [2.24, 2.45) is 7.05 Å². The molecule has 0 aliphatic carbocycles. The Labute approximate surface area is 178 Å². The standard InChI is InChI=1S/C25H29N3O2/c1-19-9-11-22(12-10-19)30-18-25(29)26-16-24(23-8-5-14-27(23)2)28-15-13-20-6-3-4-7-21(20)17-28/h3-12,14,24H,13,15-18H2,1-2H3,(H,26,29). The fraction of sp³-hybridized carbons (Fsp3) is 0.320. The van der Waals surface area contributed by atoms with Crippen LogP contribution in [0.5, 0.6) is 5.75 Å². The first-order valence-electron chi connectivity index (χ1n) is 10.5. The molecule has 1 unspecified atom stereocenters. The molecule has 0 saturated heterocycles. The van der Waals surface area contributed by atoms with Gasteiger partial charge >= 0.3 is 0 Å². The summed E-state index contributed by atoms with van der Waals surface area (Å²) in [4.78, 5) is 14.9. The maximum atomic E-state index is 12.5. The van der Waals surface area contributed by atoms with Gasteiger partial charge in [-0.2, -0.15) is 0 Å². The summed E-state index contributed by atoms with van der Waals surface area (Å²) in [5.41, 5.74) is 5.17. The summed E-state index contributed by atoms with van der Waals surface area (Å²) >= 11 is 0. The average molecular weight is 404 g/mol. The average Bonchev–Trinajstić information content (AvgIpc) is 3.19. The van der Waals surface area contributed by atoms with Crippen LogP contribution in [-0.4, -0.2) is 35.1 Å². The largest absolute Gasteiger partial charge is 0.484 e. The lowest BCUT2D eigenvalue weighted by molar-refractivity contribution is -0.123. The number of amides is 1. The van der Waals surface area contributed by atoms with Crippen molar-refractivity contribution in [2.45, 2.75) is 25.9 Å². The number of fused-ring (bicyclic) bond motifs is 1. The van der Waals surface area contributed by atoms with Gasteiger partial charge in [-0.25, -0.2) is 0 Å². The molecule has 0 spiro atoms. The number of nitrogens with one attached hydrogen (secondary N) is 1. The number of ether oxygens (including phenoxy) is 1. The van der Waals surface area contributed by atoms with Gasteiger partial charge in [0.25, 0.3) is 5.91 Å². The predicted octanol–water partition coefficient (Wildman–Crippen LogP) is 3.63. The van der Waals surface area contributed by atoms with Crippen molar-refractivity contribution in [3.8, 4) is 5.75 Å². The van der Waals surface area contributed by atoms with Crippen molar-refractivity contribution in [1.29, 1.82) is 0 Å². The molecule has 5 heteroatoms. The fourth-order valence-electron chi connectivity index (χ4n) is 4.07. The van der Waals surface area contributed by atoms with Gasteiger partial charge < -0.3 is 14.6 Å². The summed E-state index contributed by atoms with van der Waals surface area (Å²) in [5, 5.41) is 3.08. The first-order valence-corrected chi connectivity index (χ1v) is 10.5. The summed E-state index contributed by atoms with van der Waals surface area (Å²) in [5.74, 6) is 0.606. The smallest absolute Gasteiger partial charge is 0.258 e. The van der Waals surface area contributed by atoms with Gasteiger partial charge in [-0.15, -0.1) is 0 Å². The lowest BCUT2D eigenvalue weighted by atomic mass is 9.98. The second-order valence-corrected chi connectivity index (χ2v) is 7.95. The van der Waals surface area contributed by atoms with Gasteiger partial charge in [-0.3, -0.25) is 9.69 Å². The second-order valence-electron chi connectivity index (χ2n) is 7.95. The van der Waals surface area contributed by atoms with Gasteiger partial charge in [0, 0.05) is 38.6 Å². The van der Waals surface area contributed by atoms with Crippen LogP contribution in [0.4, 0.5) is 0 Å². The third-order valence-corrected chi connectivity index (χ3v) is 5.81. The van der Waals surface area contributed by atoms with Crippen LogP contribution in [0.15, 0.2) is 66.9 Å². The summed E-state index contributed by atoms with van der Waals surface area (Å²) in [6.07, 6.45) is 3.09. The molecule has 1 aromatic heterocycles. The summed E-state index contributed by atoms with van der Waals surface area (Å²) in [6, 6.07) is 20.7. The van der Waals surface area contributed by atoms with Gasteiger partial charge in [0.2, 0.25) is 0 Å². The van der Waals surface area contributed by atoms with E-state index >= 15 is 0 Å². The highest BCUT2D eigenvalue weighted by atomic mass is 16.5. The third-order valence-electron chi connectivity index (χ3n) is 5.81. The van der Waals surface area contributed by atoms with Crippen molar-refractivity contribution in [3.05, 3.63) is 89.2 Å². The zero-order valence-corrected chi connectivity index (χ0v) is 17.7. The molecule has 5 nitrogen and oxygen atoms in total. The topological polar surface area (TPSA) is 46.5 Å². The minimum Gasteiger partial charge on any atom is -0.484 e. The Kier molecular flexibility index (Phi) is 6.19. The number of hydrogen-bond donors (Lipinski definition) is 1. The number of aromatic nitrogens is 1. The summed E-state index contributed by atoms with van der Waals surface area (Å²) < 4.78 is 7.77. The maximum Gasteiger partial charge on any atom is 0.258 e. The van der Waals surface area contributed by atoms with Crippen molar-refractivity contribution in [3.63, 3.8) is 0 Å². The Hall–Kier alpha value is -3.05. The van der Waals surface area contributed by atoms with Gasteiger partial charge in [0.05, 0.1) is 6.04 Å². The van der Waals surface area contributed by atoms with E-state index in [9.17, 15) is 4.79 Å². The summed E-state index contributed by atoms with van der Waals surface area (Å²) in [6.45, 7) is 4.46. The molecule has 2 aromatic carbocycles. The molecule has 1 aliphatic rings. The molecule has 0 radical (unpaired) electrons. The van der Waals surface area contributed by atoms with Crippen LogP contribution >= 0.6 is 0 Å². The van der Waals surface area contributed by atoms with Gasteiger partial charge in [-0.05, 0) is 48.7 Å². The van der Waals surface area contributed by atoms with Crippen molar-refractivity contribution >= 4 is 5.91 Å². The maximum absolute atomic E-state index is 12.5. The second kappa shape index (κ2) is 9.18. The van der Waals surface area contributed by atoms with Crippen LogP contribution in [0, 0.1) is 6.92 Å². The fourth-order valence-corrected chi connectivity index (χ4v) is 4.07. The lowest BCUT2D eigenvalue weighted by Crippen LogP contribution is -2.42. The van der Waals surface area contributed by atoms with Crippen LogP contribution in [0.25, 0.3) is 0 Å². The number of aryl methyl sites for hydroxylation is 2. The van der Waals surface area contributed by atoms with Crippen molar-refractivity contribution < 1.29 is 9.53 Å². The van der Waals surface area contributed by atoms with E-state index in [0.717, 1.165) is 19.5 Å². The zero-order valence-electron chi connectivity index (χ0n) is 17.7. The Morgan fingerprint density at radius 3 is 2.57 bits per heavy atom. The zero-order chi connectivity index (χ0) is 20.9. The van der Waals surface area contributed by atoms with E-state index < -0.39 is 0 Å². The number of carbonyl (C=O) groups excluding carboxylic acids is 1. The first-order chi connectivity index (χ1) is 14.6. The SMILES string of the molecule is Cc1ccc(OCC(=O)NCC(c2cccn2C)N2CCc3ccccc3C2)cc1. The van der Waals surface area contributed by atoms with E-state index in [-0.39, 0.29) is 18.6 Å². The first kappa shape index (κ1) is 20.2. The molecule has 1 amide bonds. The number of carbonyl (C=O) groups is 1. The molecule has 1 atom stereocenters. The van der Waals surface area contributed by atoms with E-state index in [2.05, 4.69) is 64.4 Å². The molecule has 156 valence electrons. The van der Waals surface area contributed by atoms with Crippen LogP contribution in [-0.2, 0) is 24.8 Å². The minimum atomic E-state index is -0.104. The van der Waals surface area contributed by atoms with Crippen LogP contribution < -0.4 is 10.1 Å². The molecule has 1 N–H and O–H groups in total. The molecular formula is C25H29N3O2. The molecule has 0 saturated carbocycles. The Morgan fingerprint density at radius 2 is 1.83 bits per heavy atom. The van der Waals surface area contributed by atoms with Gasteiger partial charge in [0.1, 0.15) is 5.75 Å². The molecule has 3 aromatic rings. The highest BCUT2D eigenvalue weighted by Crippen LogP contribution is 2.27. The third kappa shape index (κ3) is 4.74. The van der Waals surface area contributed by atoms with Crippen LogP contribution in [0.1, 0.15) is 28.4 Å². The quantitative estimate of drug-likeness (QED) is 0.655. The monoisotopic (exact) mass is 403 g/mol. The molecule has 30 heavy (non-hydrogen) atoms. The van der Waals surface area contributed by atoms with Gasteiger partial charge in [-0.1, -0.05) is 42.0 Å². The minimum absolute atomic E-state index is 0.0196. The molecule has 0 bridgehead atoms. The Morgan fingerprint density at radius 1 is 1.07 bits per heavy atom. The van der Waals surface area contributed by atoms with Crippen molar-refractivity contribution in [2.75, 3.05) is 19.7 Å². The van der Waals surface area contributed by atoms with E-state index in [1.165, 1.54) is 22.4 Å². The number of benzene rings is 2. The number of nitrogens with zero attached hydrogens (tertiary/aromatic N) is 2. The molecule has 0 fully saturated rings. The number of hydrogen-bond acceptors (Lipinski definition) is 3. The number of rotatable bonds is 7. The van der Waals surface area contributed by atoms with Crippen LogP contribution in [0.2, 0.25) is 0 Å². The van der Waals surface area contributed by atoms with Gasteiger partial charge in [0.15, 0.2) is 6.61 Å². The van der Waals surface area contributed by atoms with E-state index in [4.69, 9.17) is 4.74 Å². The van der Waals surface area contributed by atoms with E-state index in [0.29, 0.717) is 12.3 Å². The van der Waals surface area contributed by atoms with Crippen molar-refractivity contribution in [1.82, 2.24) is 14.8 Å². The lowest BCUT2D eigenvalue weighted by Gasteiger charge is -2.36. The molecular weight excluding hydrogens is 374 g/mol. The Bertz CT molecular complexity index is 994. The summed E-state index contributed by atoms with van der Waals surface area (Å²) in [7, 11) is 2.06. The molecule has 1 aliphatic heterocycles. The van der Waals surface area contributed by atoms with E-state index in [1.54, 1.807) is 0 Å². The van der Waals surface area contributed by atoms with Crippen LogP contribution in [0.3, 0.4) is 0 Å². The highest BCUT2D eigenvalue weighted by Gasteiger charge is 2.26. The Balaban J connectivity index is 1.40. The normalized spacial score (nSPS) is 14.7. The molecule has 2 heterocycles. The highest BCUT2D eigenvalue weighted by molar-refractivity contribution is 5.77. The molecule has 4 rings (SSSR count). The predicted molar refractivity (Wildman–Crippen MR) is 118 cm³/mol.